The van der Waals surface area contributed by atoms with Crippen molar-refractivity contribution in [3.05, 3.63) is 12.2 Å². The molecule has 1 atom stereocenters. The molecule has 0 radical (unpaired) electrons. The highest BCUT2D eigenvalue weighted by atomic mass is 15.4. The van der Waals surface area contributed by atoms with Crippen LogP contribution in [0.3, 0.4) is 0 Å². The predicted molar refractivity (Wildman–Crippen MR) is 67.7 cm³/mol. The Labute approximate surface area is 103 Å². The number of likely N-dealkylation sites (tertiary alicyclic amines) is 1. The van der Waals surface area contributed by atoms with Crippen molar-refractivity contribution in [1.29, 1.82) is 0 Å². The quantitative estimate of drug-likeness (QED) is 0.826. The third-order valence-corrected chi connectivity index (χ3v) is 3.36. The van der Waals surface area contributed by atoms with E-state index in [9.17, 15) is 0 Å². The van der Waals surface area contributed by atoms with Gasteiger partial charge in [0.15, 0.2) is 0 Å². The molecule has 1 aliphatic heterocycles. The zero-order valence-electron chi connectivity index (χ0n) is 11.1. The van der Waals surface area contributed by atoms with E-state index in [4.69, 9.17) is 0 Å². The fraction of sp³-hybridized carbons (Fsp3) is 0.833. The van der Waals surface area contributed by atoms with Crippen LogP contribution in [0.1, 0.15) is 32.1 Å². The molecule has 17 heavy (non-hydrogen) atoms. The van der Waals surface area contributed by atoms with Gasteiger partial charge in [0.1, 0.15) is 12.2 Å². The van der Waals surface area contributed by atoms with Crippen LogP contribution in [0.5, 0.6) is 0 Å². The molecule has 0 bridgehead atoms. The first-order valence-electron chi connectivity index (χ1n) is 6.46. The van der Waals surface area contributed by atoms with E-state index in [0.29, 0.717) is 6.04 Å². The second-order valence-corrected chi connectivity index (χ2v) is 5.16. The minimum Gasteiger partial charge on any atom is -0.319 e. The summed E-state index contributed by atoms with van der Waals surface area (Å²) in [6.07, 6.45) is 2.95. The van der Waals surface area contributed by atoms with E-state index in [-0.39, 0.29) is 0 Å². The monoisotopic (exact) mass is 237 g/mol. The summed E-state index contributed by atoms with van der Waals surface area (Å²) in [5, 5.41) is 7.54. The number of hydrogen-bond donors (Lipinski definition) is 1. The third kappa shape index (κ3) is 3.04. The van der Waals surface area contributed by atoms with E-state index in [2.05, 4.69) is 34.1 Å². The first-order valence-corrected chi connectivity index (χ1v) is 6.46. The Kier molecular flexibility index (Phi) is 4.12. The van der Waals surface area contributed by atoms with E-state index in [1.54, 1.807) is 6.33 Å². The molecule has 0 aliphatic carbocycles. The zero-order valence-corrected chi connectivity index (χ0v) is 11.1. The van der Waals surface area contributed by atoms with Gasteiger partial charge in [-0.05, 0) is 46.3 Å². The van der Waals surface area contributed by atoms with Crippen molar-refractivity contribution >= 4 is 0 Å². The minimum atomic E-state index is 0.392. The zero-order chi connectivity index (χ0) is 12.3. The lowest BCUT2D eigenvalue weighted by atomic mass is 10.1. The normalized spacial score (nSPS) is 21.5. The molecule has 0 spiro atoms. The molecule has 1 fully saturated rings. The lowest BCUT2D eigenvalue weighted by Gasteiger charge is -2.17. The molecular weight excluding hydrogens is 214 g/mol. The van der Waals surface area contributed by atoms with E-state index in [0.717, 1.165) is 24.8 Å². The highest BCUT2D eigenvalue weighted by Gasteiger charge is 2.23. The Morgan fingerprint density at radius 3 is 3.06 bits per heavy atom. The molecule has 2 rings (SSSR count). The molecule has 1 saturated heterocycles. The second kappa shape index (κ2) is 5.60. The summed E-state index contributed by atoms with van der Waals surface area (Å²) < 4.78 is 2.02. The van der Waals surface area contributed by atoms with E-state index < -0.39 is 0 Å². The molecule has 5 heteroatoms. The first-order chi connectivity index (χ1) is 8.20. The van der Waals surface area contributed by atoms with Crippen molar-refractivity contribution < 1.29 is 0 Å². The van der Waals surface area contributed by atoms with Gasteiger partial charge in [-0.1, -0.05) is 0 Å². The van der Waals surface area contributed by atoms with Crippen LogP contribution in [0.2, 0.25) is 0 Å². The maximum atomic E-state index is 4.37. The van der Waals surface area contributed by atoms with Gasteiger partial charge in [0.2, 0.25) is 0 Å². The molecule has 5 nitrogen and oxygen atoms in total. The van der Waals surface area contributed by atoms with Gasteiger partial charge in [0.25, 0.3) is 0 Å². The lowest BCUT2D eigenvalue weighted by molar-refractivity contribution is 0.296. The molecule has 96 valence electrons. The largest absolute Gasteiger partial charge is 0.319 e. The summed E-state index contributed by atoms with van der Waals surface area (Å²) in [5.74, 6) is 1.88. The van der Waals surface area contributed by atoms with Crippen molar-refractivity contribution in [3.63, 3.8) is 0 Å². The van der Waals surface area contributed by atoms with Gasteiger partial charge >= 0.3 is 0 Å². The van der Waals surface area contributed by atoms with Gasteiger partial charge in [-0.2, -0.15) is 5.10 Å². The highest BCUT2D eigenvalue weighted by Crippen LogP contribution is 2.18. The van der Waals surface area contributed by atoms with Gasteiger partial charge in [-0.15, -0.1) is 0 Å². The fourth-order valence-electron chi connectivity index (χ4n) is 2.53. The molecule has 1 aromatic heterocycles. The van der Waals surface area contributed by atoms with Gasteiger partial charge < -0.3 is 5.32 Å². The van der Waals surface area contributed by atoms with Crippen LogP contribution in [0, 0.1) is 5.92 Å². The third-order valence-electron chi connectivity index (χ3n) is 3.36. The summed E-state index contributed by atoms with van der Waals surface area (Å²) in [5.41, 5.74) is 0. The van der Waals surface area contributed by atoms with E-state index >= 15 is 0 Å². The smallest absolute Gasteiger partial charge is 0.141 e. The Morgan fingerprint density at radius 2 is 2.35 bits per heavy atom. The van der Waals surface area contributed by atoms with Crippen molar-refractivity contribution in [3.8, 4) is 0 Å². The predicted octanol–water partition coefficient (Wildman–Crippen LogP) is 0.900. The molecule has 1 N–H and O–H groups in total. The second-order valence-electron chi connectivity index (χ2n) is 5.16. The van der Waals surface area contributed by atoms with Gasteiger partial charge in [0, 0.05) is 12.6 Å². The Balaban J connectivity index is 1.91. The topological polar surface area (TPSA) is 46.0 Å². The van der Waals surface area contributed by atoms with Crippen molar-refractivity contribution in [2.75, 3.05) is 26.7 Å². The molecule has 1 aromatic rings. The average molecular weight is 237 g/mol. The van der Waals surface area contributed by atoms with Gasteiger partial charge in [-0.3, -0.25) is 4.90 Å². The summed E-state index contributed by atoms with van der Waals surface area (Å²) >= 11 is 0. The number of nitrogens with one attached hydrogen (secondary N) is 1. The number of hydrogen-bond acceptors (Lipinski definition) is 4. The van der Waals surface area contributed by atoms with Crippen molar-refractivity contribution in [2.24, 2.45) is 5.92 Å². The number of rotatable bonds is 5. The standard InChI is InChI=1S/C12H23N5/c1-10(2)17-12(14-9-15-17)8-16-5-4-11(7-16)6-13-3/h9-11,13H,4-8H2,1-3H3. The molecular formula is C12H23N5. The SMILES string of the molecule is CNCC1CCN(Cc2ncnn2C(C)C)C1. The van der Waals surface area contributed by atoms with Gasteiger partial charge in [-0.25, -0.2) is 9.67 Å². The van der Waals surface area contributed by atoms with Crippen LogP contribution in [-0.2, 0) is 6.54 Å². The molecule has 0 aromatic carbocycles. The summed E-state index contributed by atoms with van der Waals surface area (Å²) in [6.45, 7) is 8.69. The average Bonchev–Trinajstić information content (AvgIpc) is 2.89. The molecule has 2 heterocycles. The maximum absolute atomic E-state index is 4.37. The lowest BCUT2D eigenvalue weighted by Crippen LogP contribution is -2.26. The summed E-state index contributed by atoms with van der Waals surface area (Å²) in [6, 6.07) is 0.392. The molecule has 1 unspecified atom stereocenters. The Bertz CT molecular complexity index is 346. The van der Waals surface area contributed by atoms with Crippen LogP contribution in [0.25, 0.3) is 0 Å². The minimum absolute atomic E-state index is 0.392. The Morgan fingerprint density at radius 1 is 1.53 bits per heavy atom. The highest BCUT2D eigenvalue weighted by molar-refractivity contribution is 4.89. The van der Waals surface area contributed by atoms with Crippen LogP contribution >= 0.6 is 0 Å². The first kappa shape index (κ1) is 12.5. The summed E-state index contributed by atoms with van der Waals surface area (Å²) in [7, 11) is 2.03. The fourth-order valence-corrected chi connectivity index (χ4v) is 2.53. The Hall–Kier alpha value is -0.940. The summed E-state index contributed by atoms with van der Waals surface area (Å²) in [4.78, 5) is 6.84. The van der Waals surface area contributed by atoms with Crippen LogP contribution in [0.4, 0.5) is 0 Å². The van der Waals surface area contributed by atoms with Crippen LogP contribution < -0.4 is 5.32 Å². The molecule has 0 saturated carbocycles. The number of aromatic nitrogens is 3. The maximum Gasteiger partial charge on any atom is 0.141 e. The van der Waals surface area contributed by atoms with E-state index in [1.165, 1.54) is 19.5 Å². The molecule has 1 aliphatic rings. The number of nitrogens with zero attached hydrogens (tertiary/aromatic N) is 4. The van der Waals surface area contributed by atoms with Gasteiger partial charge in [0.05, 0.1) is 6.54 Å². The van der Waals surface area contributed by atoms with Crippen molar-refractivity contribution in [2.45, 2.75) is 32.9 Å². The van der Waals surface area contributed by atoms with Crippen molar-refractivity contribution in [1.82, 2.24) is 25.0 Å². The van der Waals surface area contributed by atoms with Crippen LogP contribution in [0.15, 0.2) is 6.33 Å². The molecule has 0 amide bonds. The van der Waals surface area contributed by atoms with E-state index in [1.807, 2.05) is 11.7 Å². The van der Waals surface area contributed by atoms with Crippen LogP contribution in [-0.4, -0.2) is 46.3 Å².